The highest BCUT2D eigenvalue weighted by Crippen LogP contribution is 2.33. The lowest BCUT2D eigenvalue weighted by molar-refractivity contribution is 0.525. The van der Waals surface area contributed by atoms with Gasteiger partial charge in [0.2, 0.25) is 0 Å². The highest BCUT2D eigenvalue weighted by molar-refractivity contribution is 5.72. The first kappa shape index (κ1) is 10.9. The van der Waals surface area contributed by atoms with Crippen LogP contribution in [0.15, 0.2) is 24.3 Å². The average molecular weight is 230 g/mol. The van der Waals surface area contributed by atoms with E-state index in [9.17, 15) is 0 Å². The molecule has 1 heterocycles. The van der Waals surface area contributed by atoms with Gasteiger partial charge in [0.1, 0.15) is 0 Å². The zero-order chi connectivity index (χ0) is 11.5. The molecule has 1 aromatic rings. The fourth-order valence-electron chi connectivity index (χ4n) is 3.25. The van der Waals surface area contributed by atoms with Crippen molar-refractivity contribution >= 4 is 11.4 Å². The fraction of sp³-hybridized carbons (Fsp3) is 0.600. The zero-order valence-corrected chi connectivity index (χ0v) is 10.5. The van der Waals surface area contributed by atoms with Crippen LogP contribution in [0.3, 0.4) is 0 Å². The topological polar surface area (TPSA) is 15.3 Å². The number of fused-ring (bicyclic) bond motifs is 1. The summed E-state index contributed by atoms with van der Waals surface area (Å²) < 4.78 is 0. The smallest absolute Gasteiger partial charge is 0.0605 e. The third-order valence-electron chi connectivity index (χ3n) is 4.15. The molecule has 1 fully saturated rings. The highest BCUT2D eigenvalue weighted by atomic mass is 15.2. The van der Waals surface area contributed by atoms with Crippen molar-refractivity contribution in [3.8, 4) is 0 Å². The molecular formula is C15H22N2. The summed E-state index contributed by atoms with van der Waals surface area (Å²) in [5.74, 6) is 0. The summed E-state index contributed by atoms with van der Waals surface area (Å²) in [5, 5.41) is 3.51. The molecule has 2 nitrogen and oxygen atoms in total. The second-order valence-corrected chi connectivity index (χ2v) is 5.28. The van der Waals surface area contributed by atoms with Crippen molar-refractivity contribution in [1.29, 1.82) is 0 Å². The van der Waals surface area contributed by atoms with Gasteiger partial charge in [-0.2, -0.15) is 0 Å². The monoisotopic (exact) mass is 230 g/mol. The van der Waals surface area contributed by atoms with E-state index in [1.165, 1.54) is 56.4 Å². The molecule has 1 aliphatic heterocycles. The minimum atomic E-state index is 0.778. The second kappa shape index (κ2) is 4.99. The molecule has 0 spiro atoms. The summed E-state index contributed by atoms with van der Waals surface area (Å²) in [6.45, 7) is 2.26. The second-order valence-electron chi connectivity index (χ2n) is 5.28. The Kier molecular flexibility index (Phi) is 3.21. The summed E-state index contributed by atoms with van der Waals surface area (Å²) in [7, 11) is 0. The first-order valence-corrected chi connectivity index (χ1v) is 7.05. The largest absolute Gasteiger partial charge is 0.382 e. The van der Waals surface area contributed by atoms with Gasteiger partial charge in [-0.3, -0.25) is 0 Å². The maximum atomic E-state index is 3.51. The van der Waals surface area contributed by atoms with Gasteiger partial charge in [-0.05, 0) is 25.0 Å². The van der Waals surface area contributed by atoms with Crippen LogP contribution >= 0.6 is 0 Å². The van der Waals surface area contributed by atoms with E-state index in [0.29, 0.717) is 0 Å². The normalized spacial score (nSPS) is 21.5. The van der Waals surface area contributed by atoms with Crippen LogP contribution in [0, 0.1) is 0 Å². The number of rotatable bonds is 1. The van der Waals surface area contributed by atoms with E-state index in [1.54, 1.807) is 0 Å². The van der Waals surface area contributed by atoms with Crippen molar-refractivity contribution < 1.29 is 0 Å². The van der Waals surface area contributed by atoms with Crippen molar-refractivity contribution in [3.63, 3.8) is 0 Å². The number of benzene rings is 1. The third kappa shape index (κ3) is 2.26. The molecule has 17 heavy (non-hydrogen) atoms. The molecular weight excluding hydrogens is 208 g/mol. The maximum absolute atomic E-state index is 3.51. The van der Waals surface area contributed by atoms with Crippen LogP contribution in [0.4, 0.5) is 11.4 Å². The van der Waals surface area contributed by atoms with Gasteiger partial charge in [0.05, 0.1) is 11.4 Å². The first-order chi connectivity index (χ1) is 8.45. The summed E-state index contributed by atoms with van der Waals surface area (Å²) in [5.41, 5.74) is 2.74. The SMILES string of the molecule is c1ccc2c(c1)NCCN2C1CCCCCC1. The van der Waals surface area contributed by atoms with Crippen molar-refractivity contribution in [2.75, 3.05) is 23.3 Å². The molecule has 0 aromatic heterocycles. The van der Waals surface area contributed by atoms with E-state index in [2.05, 4.69) is 34.5 Å². The summed E-state index contributed by atoms with van der Waals surface area (Å²) in [6.07, 6.45) is 8.46. The Morgan fingerprint density at radius 3 is 2.59 bits per heavy atom. The molecule has 0 atom stereocenters. The van der Waals surface area contributed by atoms with Crippen molar-refractivity contribution in [1.82, 2.24) is 0 Å². The number of nitrogens with one attached hydrogen (secondary N) is 1. The molecule has 0 saturated heterocycles. The highest BCUT2D eigenvalue weighted by Gasteiger charge is 2.24. The van der Waals surface area contributed by atoms with E-state index in [1.807, 2.05) is 0 Å². The number of hydrogen-bond acceptors (Lipinski definition) is 2. The maximum Gasteiger partial charge on any atom is 0.0605 e. The van der Waals surface area contributed by atoms with Crippen LogP contribution < -0.4 is 10.2 Å². The Hall–Kier alpha value is -1.18. The van der Waals surface area contributed by atoms with Gasteiger partial charge in [0.25, 0.3) is 0 Å². The number of nitrogens with zero attached hydrogens (tertiary/aromatic N) is 1. The van der Waals surface area contributed by atoms with Crippen LogP contribution in [0.25, 0.3) is 0 Å². The molecule has 3 rings (SSSR count). The molecule has 2 heteroatoms. The van der Waals surface area contributed by atoms with E-state index in [-0.39, 0.29) is 0 Å². The first-order valence-electron chi connectivity index (χ1n) is 7.05. The lowest BCUT2D eigenvalue weighted by atomic mass is 10.0. The third-order valence-corrected chi connectivity index (χ3v) is 4.15. The van der Waals surface area contributed by atoms with E-state index < -0.39 is 0 Å². The Labute approximate surface area is 104 Å². The minimum absolute atomic E-state index is 0.778. The van der Waals surface area contributed by atoms with Crippen molar-refractivity contribution in [2.45, 2.75) is 44.6 Å². The van der Waals surface area contributed by atoms with Gasteiger partial charge < -0.3 is 10.2 Å². The molecule has 0 amide bonds. The molecule has 1 aromatic carbocycles. The van der Waals surface area contributed by atoms with E-state index in [4.69, 9.17) is 0 Å². The van der Waals surface area contributed by atoms with Gasteiger partial charge >= 0.3 is 0 Å². The number of anilines is 2. The molecule has 0 bridgehead atoms. The van der Waals surface area contributed by atoms with Crippen LogP contribution in [-0.4, -0.2) is 19.1 Å². The van der Waals surface area contributed by atoms with Crippen molar-refractivity contribution in [2.24, 2.45) is 0 Å². The van der Waals surface area contributed by atoms with Crippen LogP contribution in [0.2, 0.25) is 0 Å². The standard InChI is InChI=1S/C15H22N2/c1-2-4-8-13(7-3-1)17-12-11-16-14-9-5-6-10-15(14)17/h5-6,9-10,13,16H,1-4,7-8,11-12H2. The van der Waals surface area contributed by atoms with E-state index >= 15 is 0 Å². The average Bonchev–Trinajstić information content (AvgIpc) is 2.67. The van der Waals surface area contributed by atoms with Gasteiger partial charge in [0, 0.05) is 19.1 Å². The number of hydrogen-bond donors (Lipinski definition) is 1. The van der Waals surface area contributed by atoms with Crippen LogP contribution in [0.5, 0.6) is 0 Å². The van der Waals surface area contributed by atoms with Gasteiger partial charge in [-0.1, -0.05) is 37.8 Å². The van der Waals surface area contributed by atoms with Gasteiger partial charge in [-0.15, -0.1) is 0 Å². The molecule has 0 unspecified atom stereocenters. The molecule has 1 aliphatic carbocycles. The predicted octanol–water partition coefficient (Wildman–Crippen LogP) is 3.64. The number of para-hydroxylation sites is 2. The lowest BCUT2D eigenvalue weighted by Crippen LogP contribution is -2.41. The van der Waals surface area contributed by atoms with Crippen LogP contribution in [0.1, 0.15) is 38.5 Å². The Balaban J connectivity index is 1.83. The minimum Gasteiger partial charge on any atom is -0.382 e. The quantitative estimate of drug-likeness (QED) is 0.741. The van der Waals surface area contributed by atoms with Crippen LogP contribution in [-0.2, 0) is 0 Å². The predicted molar refractivity (Wildman–Crippen MR) is 73.8 cm³/mol. The summed E-state index contributed by atoms with van der Waals surface area (Å²) >= 11 is 0. The zero-order valence-electron chi connectivity index (χ0n) is 10.5. The molecule has 0 radical (unpaired) electrons. The summed E-state index contributed by atoms with van der Waals surface area (Å²) in [6, 6.07) is 9.54. The molecule has 1 saturated carbocycles. The van der Waals surface area contributed by atoms with E-state index in [0.717, 1.165) is 12.6 Å². The Morgan fingerprint density at radius 2 is 1.76 bits per heavy atom. The molecule has 92 valence electrons. The summed E-state index contributed by atoms with van der Waals surface area (Å²) in [4.78, 5) is 2.65. The van der Waals surface area contributed by atoms with Crippen molar-refractivity contribution in [3.05, 3.63) is 24.3 Å². The molecule has 2 aliphatic rings. The Morgan fingerprint density at radius 1 is 1.00 bits per heavy atom. The Bertz CT molecular complexity index is 367. The fourth-order valence-corrected chi connectivity index (χ4v) is 3.25. The lowest BCUT2D eigenvalue weighted by Gasteiger charge is -2.38. The van der Waals surface area contributed by atoms with Gasteiger partial charge in [0.15, 0.2) is 0 Å². The molecule has 1 N–H and O–H groups in total. The van der Waals surface area contributed by atoms with Gasteiger partial charge in [-0.25, -0.2) is 0 Å².